The lowest BCUT2D eigenvalue weighted by Crippen LogP contribution is -2.27. The van der Waals surface area contributed by atoms with E-state index in [4.69, 9.17) is 9.47 Å². The monoisotopic (exact) mass is 563 g/mol. The van der Waals surface area contributed by atoms with Gasteiger partial charge in [0.1, 0.15) is 11.5 Å². The van der Waals surface area contributed by atoms with Gasteiger partial charge < -0.3 is 14.4 Å². The van der Waals surface area contributed by atoms with Gasteiger partial charge in [0, 0.05) is 41.0 Å². The highest BCUT2D eigenvalue weighted by Gasteiger charge is 2.21. The summed E-state index contributed by atoms with van der Waals surface area (Å²) in [7, 11) is 1.84. The number of alkyl halides is 1. The topological polar surface area (TPSA) is 67.5 Å². The van der Waals surface area contributed by atoms with E-state index in [0.717, 1.165) is 61.3 Å². The zero-order chi connectivity index (χ0) is 26.7. The molecule has 6 nitrogen and oxygen atoms in total. The van der Waals surface area contributed by atoms with Crippen molar-refractivity contribution in [3.05, 3.63) is 76.0 Å². The molecule has 4 rings (SSSR count). The molecule has 0 unspecified atom stereocenters. The molecule has 1 amide bonds. The molecule has 37 heavy (non-hydrogen) atoms. The molecule has 0 spiro atoms. The molecule has 0 saturated heterocycles. The first-order valence-corrected chi connectivity index (χ1v) is 13.7. The van der Waals surface area contributed by atoms with Crippen LogP contribution in [0.25, 0.3) is 22.0 Å². The van der Waals surface area contributed by atoms with Crippen molar-refractivity contribution in [3.63, 3.8) is 0 Å². The highest BCUT2D eigenvalue weighted by atomic mass is 79.9. The number of H-pyrrole nitrogens is 1. The molecule has 1 N–H and O–H groups in total. The van der Waals surface area contributed by atoms with Crippen LogP contribution in [0.3, 0.4) is 0 Å². The van der Waals surface area contributed by atoms with Gasteiger partial charge in [-0.15, -0.1) is 0 Å². The summed E-state index contributed by atoms with van der Waals surface area (Å²) >= 11 is 3.59. The van der Waals surface area contributed by atoms with E-state index in [2.05, 4.69) is 51.3 Å². The van der Waals surface area contributed by atoms with Gasteiger partial charge in [0.15, 0.2) is 0 Å². The highest BCUT2D eigenvalue weighted by Crippen LogP contribution is 2.36. The van der Waals surface area contributed by atoms with Crippen molar-refractivity contribution in [1.82, 2.24) is 15.1 Å². The average molecular weight is 565 g/mol. The summed E-state index contributed by atoms with van der Waals surface area (Å²) in [5, 5.41) is 8.97. The summed E-state index contributed by atoms with van der Waals surface area (Å²) in [4.78, 5) is 15.5. The lowest BCUT2D eigenvalue weighted by atomic mass is 9.94. The van der Waals surface area contributed by atoms with E-state index in [1.165, 1.54) is 0 Å². The van der Waals surface area contributed by atoms with E-state index < -0.39 is 0 Å². The fourth-order valence-corrected chi connectivity index (χ4v) is 5.28. The molecule has 1 aromatic heterocycles. The molecule has 0 radical (unpaired) electrons. The number of hydrogen-bond donors (Lipinski definition) is 1. The molecule has 0 aliphatic carbocycles. The molecule has 4 aromatic rings. The number of carbonyl (C=O) groups excluding carboxylic acids is 1. The number of carbonyl (C=O) groups is 1. The van der Waals surface area contributed by atoms with Gasteiger partial charge in [-0.05, 0) is 86.7 Å². The number of aromatic nitrogens is 2. The summed E-state index contributed by atoms with van der Waals surface area (Å²) in [6, 6.07) is 12.3. The van der Waals surface area contributed by atoms with Crippen LogP contribution in [0.4, 0.5) is 0 Å². The Balaban J connectivity index is 1.72. The molecule has 194 valence electrons. The van der Waals surface area contributed by atoms with Gasteiger partial charge in [0.2, 0.25) is 0 Å². The van der Waals surface area contributed by atoms with Crippen molar-refractivity contribution in [2.45, 2.75) is 46.5 Å². The van der Waals surface area contributed by atoms with E-state index in [1.807, 2.05) is 59.1 Å². The molecule has 0 fully saturated rings. The minimum atomic E-state index is -0.0484. The molecular formula is C30H34BrN3O3. The minimum absolute atomic E-state index is 0.0484. The third-order valence-corrected chi connectivity index (χ3v) is 7.22. The third-order valence-electron chi connectivity index (χ3n) is 6.57. The highest BCUT2D eigenvalue weighted by molar-refractivity contribution is 9.08. The van der Waals surface area contributed by atoms with Crippen LogP contribution >= 0.6 is 15.9 Å². The predicted molar refractivity (Wildman–Crippen MR) is 153 cm³/mol. The van der Waals surface area contributed by atoms with Gasteiger partial charge in [0.25, 0.3) is 5.91 Å². The van der Waals surface area contributed by atoms with Crippen molar-refractivity contribution >= 4 is 32.7 Å². The van der Waals surface area contributed by atoms with Crippen molar-refractivity contribution in [3.8, 4) is 22.6 Å². The van der Waals surface area contributed by atoms with E-state index in [-0.39, 0.29) is 5.91 Å². The Morgan fingerprint density at radius 2 is 1.73 bits per heavy atom. The Labute approximate surface area is 227 Å². The number of hydrogen-bond acceptors (Lipinski definition) is 4. The van der Waals surface area contributed by atoms with Gasteiger partial charge >= 0.3 is 0 Å². The van der Waals surface area contributed by atoms with Crippen LogP contribution in [0.15, 0.2) is 42.6 Å². The normalized spacial score (nSPS) is 11.1. The van der Waals surface area contributed by atoms with Crippen molar-refractivity contribution in [1.29, 1.82) is 0 Å². The number of nitrogens with one attached hydrogen (secondary N) is 1. The van der Waals surface area contributed by atoms with Gasteiger partial charge in [-0.1, -0.05) is 28.1 Å². The summed E-state index contributed by atoms with van der Waals surface area (Å²) in [6.45, 7) is 11.6. The number of benzene rings is 3. The molecule has 0 bridgehead atoms. The molecule has 0 saturated carbocycles. The van der Waals surface area contributed by atoms with E-state index in [0.29, 0.717) is 30.7 Å². The second-order valence-electron chi connectivity index (χ2n) is 9.30. The summed E-state index contributed by atoms with van der Waals surface area (Å²) in [5.74, 6) is 1.59. The smallest absolute Gasteiger partial charge is 0.253 e. The largest absolute Gasteiger partial charge is 0.493 e. The van der Waals surface area contributed by atoms with Gasteiger partial charge in [-0.2, -0.15) is 5.10 Å². The average Bonchev–Trinajstić information content (AvgIpc) is 3.36. The maximum atomic E-state index is 13.7. The Hall–Kier alpha value is -3.32. The van der Waals surface area contributed by atoms with Crippen LogP contribution in [-0.2, 0) is 11.9 Å². The Kier molecular flexibility index (Phi) is 8.22. The Morgan fingerprint density at radius 1 is 1.00 bits per heavy atom. The number of aryl methyl sites for hydroxylation is 2. The lowest BCUT2D eigenvalue weighted by molar-refractivity contribution is 0.0784. The van der Waals surface area contributed by atoms with Crippen LogP contribution in [-0.4, -0.2) is 41.3 Å². The zero-order valence-corrected chi connectivity index (χ0v) is 24.0. The number of nitrogens with zero attached hydrogens (tertiary/aromatic N) is 2. The maximum Gasteiger partial charge on any atom is 0.253 e. The lowest BCUT2D eigenvalue weighted by Gasteiger charge is -2.23. The second kappa shape index (κ2) is 11.4. The minimum Gasteiger partial charge on any atom is -0.493 e. The van der Waals surface area contributed by atoms with Crippen molar-refractivity contribution in [2.75, 3.05) is 20.3 Å². The van der Waals surface area contributed by atoms with Crippen LogP contribution < -0.4 is 9.47 Å². The first-order valence-electron chi connectivity index (χ1n) is 12.6. The SMILES string of the molecule is CCOc1c(C)cc(CN(C)C(=O)c2cc(CBr)cc(-c3c(C)ccc4[nH]ncc34)c2)c(OCC)c1C. The first kappa shape index (κ1) is 26.7. The van der Waals surface area contributed by atoms with Crippen LogP contribution in [0.2, 0.25) is 0 Å². The van der Waals surface area contributed by atoms with Crippen LogP contribution in [0.1, 0.15) is 52.0 Å². The first-order chi connectivity index (χ1) is 17.8. The zero-order valence-electron chi connectivity index (χ0n) is 22.4. The molecule has 0 aliphatic rings. The third kappa shape index (κ3) is 5.37. The summed E-state index contributed by atoms with van der Waals surface area (Å²) < 4.78 is 11.9. The molecule has 7 heteroatoms. The summed E-state index contributed by atoms with van der Waals surface area (Å²) in [6.07, 6.45) is 1.85. The van der Waals surface area contributed by atoms with E-state index in [1.54, 1.807) is 4.90 Å². The fourth-order valence-electron chi connectivity index (χ4n) is 4.96. The van der Waals surface area contributed by atoms with E-state index >= 15 is 0 Å². The second-order valence-corrected chi connectivity index (χ2v) is 9.86. The number of rotatable bonds is 9. The summed E-state index contributed by atoms with van der Waals surface area (Å²) in [5.41, 5.74) is 8.84. The quantitative estimate of drug-likeness (QED) is 0.220. The maximum absolute atomic E-state index is 13.7. The molecule has 0 atom stereocenters. The predicted octanol–water partition coefficient (Wildman–Crippen LogP) is 7.12. The number of aromatic amines is 1. The number of halogens is 1. The molecule has 0 aliphatic heterocycles. The fraction of sp³-hybridized carbons (Fsp3) is 0.333. The number of ether oxygens (including phenoxy) is 2. The van der Waals surface area contributed by atoms with Crippen molar-refractivity contribution < 1.29 is 14.3 Å². The van der Waals surface area contributed by atoms with Crippen LogP contribution in [0.5, 0.6) is 11.5 Å². The van der Waals surface area contributed by atoms with Gasteiger partial charge in [-0.3, -0.25) is 9.89 Å². The van der Waals surface area contributed by atoms with Gasteiger partial charge in [-0.25, -0.2) is 0 Å². The molecule has 1 heterocycles. The Morgan fingerprint density at radius 3 is 2.43 bits per heavy atom. The Bertz CT molecular complexity index is 1440. The van der Waals surface area contributed by atoms with Crippen molar-refractivity contribution in [2.24, 2.45) is 0 Å². The number of amides is 1. The molecular weight excluding hydrogens is 530 g/mol. The van der Waals surface area contributed by atoms with Crippen LogP contribution in [0, 0.1) is 20.8 Å². The number of fused-ring (bicyclic) bond motifs is 1. The molecule has 3 aromatic carbocycles. The van der Waals surface area contributed by atoms with E-state index in [9.17, 15) is 4.79 Å². The standard InChI is InChI=1S/C30H34BrN3O3/c1-7-36-28-19(4)11-24(29(20(28)5)37-8-2)17-34(6)30(35)23-13-21(15-31)12-22(14-23)27-18(3)9-10-26-25(27)16-32-33-26/h9-14,16H,7-8,15,17H2,1-6H3,(H,32,33). The van der Waals surface area contributed by atoms with Gasteiger partial charge in [0.05, 0.1) is 24.9 Å².